The monoisotopic (exact) mass is 234 g/mol. The summed E-state index contributed by atoms with van der Waals surface area (Å²) in [5.74, 6) is 2.61. The highest BCUT2D eigenvalue weighted by molar-refractivity contribution is 9.10. The van der Waals surface area contributed by atoms with Crippen LogP contribution in [0.3, 0.4) is 0 Å². The largest absolute Gasteiger partial charge is 0.335 e. The summed E-state index contributed by atoms with van der Waals surface area (Å²) in [6, 6.07) is 1.96. The van der Waals surface area contributed by atoms with E-state index in [1.807, 2.05) is 23.0 Å². The molecule has 0 aliphatic heterocycles. The van der Waals surface area contributed by atoms with E-state index in [-0.39, 0.29) is 0 Å². The first kappa shape index (κ1) is 8.33. The molecule has 0 radical (unpaired) electrons. The molecule has 64 valence electrons. The topological polar surface area (TPSA) is 17.8 Å². The first-order valence-corrected chi connectivity index (χ1v) is 4.64. The molecule has 3 heteroatoms. The fraction of sp³-hybridized carbons (Fsp3) is 0.100. The number of rotatable bonds is 1. The third kappa shape index (κ3) is 1.34. The zero-order valence-corrected chi connectivity index (χ0v) is 8.45. The summed E-state index contributed by atoms with van der Waals surface area (Å²) in [6.45, 7) is 0.589. The summed E-state index contributed by atoms with van der Waals surface area (Å²) in [5.41, 5.74) is 1.11. The van der Waals surface area contributed by atoms with Crippen molar-refractivity contribution in [3.63, 3.8) is 0 Å². The van der Waals surface area contributed by atoms with Crippen molar-refractivity contribution in [1.82, 2.24) is 9.55 Å². The van der Waals surface area contributed by atoms with E-state index >= 15 is 0 Å². The average molecular weight is 235 g/mol. The van der Waals surface area contributed by atoms with Gasteiger partial charge in [0.2, 0.25) is 0 Å². The predicted octanol–water partition coefficient (Wildman–Crippen LogP) is 2.43. The Morgan fingerprint density at radius 1 is 1.62 bits per heavy atom. The summed E-state index contributed by atoms with van der Waals surface area (Å²) < 4.78 is 3.05. The van der Waals surface area contributed by atoms with Gasteiger partial charge in [0.25, 0.3) is 0 Å². The second-order valence-electron chi connectivity index (χ2n) is 2.70. The molecule has 0 saturated heterocycles. The number of terminal acetylenes is 1. The Labute approximate surface area is 84.7 Å². The number of halogens is 1. The molecule has 2 heterocycles. The molecule has 2 aromatic heterocycles. The van der Waals surface area contributed by atoms with Crippen LogP contribution in [-0.2, 0) is 6.54 Å². The van der Waals surface area contributed by atoms with Crippen molar-refractivity contribution in [2.75, 3.05) is 0 Å². The molecule has 0 aliphatic rings. The summed E-state index contributed by atoms with van der Waals surface area (Å²) in [5, 5.41) is 1.10. The van der Waals surface area contributed by atoms with Crippen LogP contribution in [0.2, 0.25) is 0 Å². The summed E-state index contributed by atoms with van der Waals surface area (Å²) in [7, 11) is 0. The summed E-state index contributed by atoms with van der Waals surface area (Å²) in [6.07, 6.45) is 10.8. The van der Waals surface area contributed by atoms with Crippen molar-refractivity contribution in [2.24, 2.45) is 0 Å². The van der Waals surface area contributed by atoms with Gasteiger partial charge in [-0.1, -0.05) is 5.92 Å². The smallest absolute Gasteiger partial charge is 0.0835 e. The zero-order valence-electron chi connectivity index (χ0n) is 6.87. The van der Waals surface area contributed by atoms with Crippen LogP contribution < -0.4 is 0 Å². The van der Waals surface area contributed by atoms with Gasteiger partial charge in [0.15, 0.2) is 0 Å². The normalized spacial score (nSPS) is 10.2. The Morgan fingerprint density at radius 2 is 2.46 bits per heavy atom. The lowest BCUT2D eigenvalue weighted by molar-refractivity contribution is 0.884. The highest BCUT2D eigenvalue weighted by Gasteiger charge is 2.04. The first-order valence-electron chi connectivity index (χ1n) is 3.85. The lowest BCUT2D eigenvalue weighted by Gasteiger charge is -1.97. The van der Waals surface area contributed by atoms with Crippen molar-refractivity contribution in [1.29, 1.82) is 0 Å². The van der Waals surface area contributed by atoms with Gasteiger partial charge in [-0.25, -0.2) is 0 Å². The van der Waals surface area contributed by atoms with Crippen LogP contribution >= 0.6 is 15.9 Å². The van der Waals surface area contributed by atoms with Crippen molar-refractivity contribution in [2.45, 2.75) is 6.54 Å². The van der Waals surface area contributed by atoms with Gasteiger partial charge in [0.05, 0.1) is 12.1 Å². The van der Waals surface area contributed by atoms with Crippen molar-refractivity contribution < 1.29 is 0 Å². The van der Waals surface area contributed by atoms with Crippen LogP contribution in [0, 0.1) is 12.3 Å². The van der Waals surface area contributed by atoms with Crippen LogP contribution in [0.25, 0.3) is 10.9 Å². The van der Waals surface area contributed by atoms with Crippen LogP contribution in [0.15, 0.2) is 29.1 Å². The second-order valence-corrected chi connectivity index (χ2v) is 3.56. The molecule has 0 saturated carbocycles. The SMILES string of the molecule is C#CCn1cc(Br)c2cnccc21. The Balaban J connectivity index is 2.72. The van der Waals surface area contributed by atoms with E-state index in [2.05, 4.69) is 26.8 Å². The standard InChI is InChI=1S/C10H7BrN2/c1-2-5-13-7-9(11)8-6-12-4-3-10(8)13/h1,3-4,6-7H,5H2. The van der Waals surface area contributed by atoms with Gasteiger partial charge < -0.3 is 4.57 Å². The van der Waals surface area contributed by atoms with E-state index < -0.39 is 0 Å². The van der Waals surface area contributed by atoms with Gasteiger partial charge in [-0.3, -0.25) is 4.98 Å². The molecule has 2 rings (SSSR count). The molecular formula is C10H7BrN2. The quantitative estimate of drug-likeness (QED) is 0.694. The van der Waals surface area contributed by atoms with Crippen LogP contribution in [0.1, 0.15) is 0 Å². The Morgan fingerprint density at radius 3 is 3.23 bits per heavy atom. The molecule has 0 aromatic carbocycles. The van der Waals surface area contributed by atoms with Gasteiger partial charge in [0, 0.05) is 28.4 Å². The van der Waals surface area contributed by atoms with E-state index in [0.29, 0.717) is 6.54 Å². The van der Waals surface area contributed by atoms with E-state index in [0.717, 1.165) is 15.4 Å². The van der Waals surface area contributed by atoms with E-state index in [9.17, 15) is 0 Å². The zero-order chi connectivity index (χ0) is 9.26. The summed E-state index contributed by atoms with van der Waals surface area (Å²) in [4.78, 5) is 4.05. The maximum Gasteiger partial charge on any atom is 0.0835 e. The predicted molar refractivity (Wildman–Crippen MR) is 56.3 cm³/mol. The van der Waals surface area contributed by atoms with E-state index in [1.54, 1.807) is 6.20 Å². The van der Waals surface area contributed by atoms with Gasteiger partial charge in [-0.2, -0.15) is 0 Å². The molecule has 0 fully saturated rings. The van der Waals surface area contributed by atoms with Gasteiger partial charge in [-0.05, 0) is 22.0 Å². The molecule has 0 aliphatic carbocycles. The number of hydrogen-bond donors (Lipinski definition) is 0. The minimum atomic E-state index is 0.589. The molecule has 0 spiro atoms. The fourth-order valence-electron chi connectivity index (χ4n) is 1.33. The number of hydrogen-bond acceptors (Lipinski definition) is 1. The van der Waals surface area contributed by atoms with Crippen molar-refractivity contribution >= 4 is 26.8 Å². The molecule has 0 bridgehead atoms. The lowest BCUT2D eigenvalue weighted by atomic mass is 10.3. The average Bonchev–Trinajstić information content (AvgIpc) is 2.46. The van der Waals surface area contributed by atoms with Gasteiger partial charge in [-0.15, -0.1) is 6.42 Å². The minimum Gasteiger partial charge on any atom is -0.335 e. The lowest BCUT2D eigenvalue weighted by Crippen LogP contribution is -1.91. The molecule has 0 unspecified atom stereocenters. The van der Waals surface area contributed by atoms with Crippen LogP contribution in [0.5, 0.6) is 0 Å². The molecule has 2 aromatic rings. The van der Waals surface area contributed by atoms with Crippen LogP contribution in [-0.4, -0.2) is 9.55 Å². The molecular weight excluding hydrogens is 228 g/mol. The highest BCUT2D eigenvalue weighted by Crippen LogP contribution is 2.24. The highest BCUT2D eigenvalue weighted by atomic mass is 79.9. The van der Waals surface area contributed by atoms with E-state index in [4.69, 9.17) is 6.42 Å². The molecule has 2 nitrogen and oxygen atoms in total. The molecule has 13 heavy (non-hydrogen) atoms. The third-order valence-corrected chi connectivity index (χ3v) is 2.53. The summed E-state index contributed by atoms with van der Waals surface area (Å²) >= 11 is 3.46. The molecule has 0 amide bonds. The second kappa shape index (κ2) is 3.23. The van der Waals surface area contributed by atoms with Crippen molar-refractivity contribution in [3.05, 3.63) is 29.1 Å². The maximum absolute atomic E-state index is 5.26. The fourth-order valence-corrected chi connectivity index (χ4v) is 1.88. The van der Waals surface area contributed by atoms with Crippen molar-refractivity contribution in [3.8, 4) is 12.3 Å². The number of nitrogens with zero attached hydrogens (tertiary/aromatic N) is 2. The number of pyridine rings is 1. The van der Waals surface area contributed by atoms with E-state index in [1.165, 1.54) is 0 Å². The third-order valence-electron chi connectivity index (χ3n) is 1.90. The molecule has 0 N–H and O–H groups in total. The first-order chi connectivity index (χ1) is 6.33. The Kier molecular flexibility index (Phi) is 2.07. The van der Waals surface area contributed by atoms with Crippen LogP contribution in [0.4, 0.5) is 0 Å². The molecule has 0 atom stereocenters. The number of fused-ring (bicyclic) bond motifs is 1. The maximum atomic E-state index is 5.26. The van der Waals surface area contributed by atoms with Gasteiger partial charge in [0.1, 0.15) is 0 Å². The Hall–Kier alpha value is -1.27. The Bertz CT molecular complexity index is 479. The minimum absolute atomic E-state index is 0.589. The number of aromatic nitrogens is 2. The van der Waals surface area contributed by atoms with Gasteiger partial charge >= 0.3 is 0 Å².